The predicted octanol–water partition coefficient (Wildman–Crippen LogP) is 5.08. The van der Waals surface area contributed by atoms with E-state index in [-0.39, 0.29) is 5.56 Å². The number of aromatic nitrogens is 2. The van der Waals surface area contributed by atoms with Gasteiger partial charge < -0.3 is 9.15 Å². The molecule has 0 radical (unpaired) electrons. The second-order valence-corrected chi connectivity index (χ2v) is 8.27. The maximum absolute atomic E-state index is 13.2. The van der Waals surface area contributed by atoms with E-state index in [1.54, 1.807) is 35.8 Å². The Morgan fingerprint density at radius 3 is 2.71 bits per heavy atom. The van der Waals surface area contributed by atoms with Crippen LogP contribution in [-0.2, 0) is 17.0 Å². The third-order valence-corrected chi connectivity index (χ3v) is 6.02. The first-order chi connectivity index (χ1) is 15.0. The molecule has 6 nitrogen and oxygen atoms in total. The predicted molar refractivity (Wildman–Crippen MR) is 121 cm³/mol. The van der Waals surface area contributed by atoms with Crippen molar-refractivity contribution < 1.29 is 13.9 Å². The molecule has 0 N–H and O–H groups in total. The van der Waals surface area contributed by atoms with Crippen molar-refractivity contribution in [2.24, 2.45) is 0 Å². The molecule has 2 aromatic heterocycles. The molecule has 0 saturated heterocycles. The number of methoxy groups -OCH3 is 1. The Labute approximate surface area is 187 Å². The lowest BCUT2D eigenvalue weighted by Crippen LogP contribution is -2.24. The zero-order chi connectivity index (χ0) is 22.0. The van der Waals surface area contributed by atoms with Crippen LogP contribution < -0.4 is 5.56 Å². The lowest BCUT2D eigenvalue weighted by Gasteiger charge is -2.13. The molecule has 0 bridgehead atoms. The zero-order valence-corrected chi connectivity index (χ0v) is 18.5. The van der Waals surface area contributed by atoms with E-state index >= 15 is 0 Å². The smallest absolute Gasteiger partial charge is 0.341 e. The highest BCUT2D eigenvalue weighted by molar-refractivity contribution is 7.98. The summed E-state index contributed by atoms with van der Waals surface area (Å²) in [4.78, 5) is 29.8. The molecule has 0 aliphatic heterocycles. The molecular formula is C23H19ClN2O4S. The molecule has 0 aliphatic rings. The van der Waals surface area contributed by atoms with Gasteiger partial charge in [-0.2, -0.15) is 0 Å². The number of thioether (sulfide) groups is 1. The number of carbonyl (C=O) groups excluding carboxylic acids is 1. The number of furan rings is 1. The Kier molecular flexibility index (Phi) is 6.15. The molecule has 0 saturated carbocycles. The van der Waals surface area contributed by atoms with E-state index in [0.717, 1.165) is 5.56 Å². The van der Waals surface area contributed by atoms with Gasteiger partial charge in [0.2, 0.25) is 0 Å². The minimum atomic E-state index is -0.447. The van der Waals surface area contributed by atoms with E-state index in [9.17, 15) is 9.59 Å². The van der Waals surface area contributed by atoms with E-state index in [4.69, 9.17) is 25.7 Å². The van der Waals surface area contributed by atoms with Crippen molar-refractivity contribution in [1.29, 1.82) is 0 Å². The van der Waals surface area contributed by atoms with E-state index in [1.165, 1.54) is 18.9 Å². The monoisotopic (exact) mass is 454 g/mol. The Morgan fingerprint density at radius 2 is 1.97 bits per heavy atom. The van der Waals surface area contributed by atoms with Crippen molar-refractivity contribution in [3.63, 3.8) is 0 Å². The van der Waals surface area contributed by atoms with Crippen LogP contribution in [-0.4, -0.2) is 22.6 Å². The van der Waals surface area contributed by atoms with Gasteiger partial charge >= 0.3 is 5.97 Å². The van der Waals surface area contributed by atoms with Crippen LogP contribution in [0.1, 0.15) is 27.4 Å². The Hall–Kier alpha value is -3.03. The summed E-state index contributed by atoms with van der Waals surface area (Å²) in [5, 5.41) is 1.56. The number of fused-ring (bicyclic) bond motifs is 1. The molecule has 0 aliphatic carbocycles. The number of halogens is 1. The van der Waals surface area contributed by atoms with Crippen LogP contribution in [0.25, 0.3) is 10.9 Å². The Morgan fingerprint density at radius 1 is 1.19 bits per heavy atom. The number of esters is 1. The average Bonchev–Trinajstić information content (AvgIpc) is 3.15. The molecule has 4 rings (SSSR count). The summed E-state index contributed by atoms with van der Waals surface area (Å²) in [5.74, 6) is 1.03. The van der Waals surface area contributed by atoms with Crippen LogP contribution in [0, 0.1) is 6.92 Å². The van der Waals surface area contributed by atoms with Crippen molar-refractivity contribution >= 4 is 40.2 Å². The average molecular weight is 455 g/mol. The molecule has 0 amide bonds. The summed E-state index contributed by atoms with van der Waals surface area (Å²) in [6, 6.07) is 16.4. The van der Waals surface area contributed by atoms with Gasteiger partial charge in [0.05, 0.1) is 30.3 Å². The third-order valence-electron chi connectivity index (χ3n) is 4.78. The summed E-state index contributed by atoms with van der Waals surface area (Å²) < 4.78 is 12.1. The topological polar surface area (TPSA) is 74.3 Å². The summed E-state index contributed by atoms with van der Waals surface area (Å²) in [6.07, 6.45) is 0. The van der Waals surface area contributed by atoms with Gasteiger partial charge in [0.1, 0.15) is 17.1 Å². The van der Waals surface area contributed by atoms with Crippen molar-refractivity contribution in [3.05, 3.63) is 92.6 Å². The molecule has 0 atom stereocenters. The van der Waals surface area contributed by atoms with Gasteiger partial charge in [-0.1, -0.05) is 53.7 Å². The van der Waals surface area contributed by atoms with Crippen LogP contribution in [0.4, 0.5) is 0 Å². The highest BCUT2D eigenvalue weighted by Gasteiger charge is 2.17. The quantitative estimate of drug-likeness (QED) is 0.230. The summed E-state index contributed by atoms with van der Waals surface area (Å²) in [5.41, 5.74) is 1.77. The van der Waals surface area contributed by atoms with Gasteiger partial charge in [0, 0.05) is 5.02 Å². The molecule has 158 valence electrons. The lowest BCUT2D eigenvalue weighted by molar-refractivity contribution is 0.0599. The first-order valence-electron chi connectivity index (χ1n) is 9.50. The largest absolute Gasteiger partial charge is 0.465 e. The molecule has 8 heteroatoms. The van der Waals surface area contributed by atoms with Gasteiger partial charge in [-0.05, 0) is 36.8 Å². The van der Waals surface area contributed by atoms with Gasteiger partial charge in [-0.15, -0.1) is 0 Å². The molecule has 31 heavy (non-hydrogen) atoms. The summed E-state index contributed by atoms with van der Waals surface area (Å²) in [6.45, 7) is 2.10. The molecule has 0 fully saturated rings. The first-order valence-corrected chi connectivity index (χ1v) is 10.9. The van der Waals surface area contributed by atoms with Crippen LogP contribution >= 0.6 is 23.4 Å². The number of nitrogens with zero attached hydrogens (tertiary/aromatic N) is 2. The number of ether oxygens (including phenoxy) is 1. The van der Waals surface area contributed by atoms with Crippen LogP contribution in [0.2, 0.25) is 5.02 Å². The van der Waals surface area contributed by atoms with Gasteiger partial charge in [-0.3, -0.25) is 9.36 Å². The van der Waals surface area contributed by atoms with Crippen molar-refractivity contribution in [1.82, 2.24) is 9.55 Å². The zero-order valence-electron chi connectivity index (χ0n) is 16.9. The lowest BCUT2D eigenvalue weighted by atomic mass is 10.2. The molecule has 0 unspecified atom stereocenters. The minimum Gasteiger partial charge on any atom is -0.465 e. The van der Waals surface area contributed by atoms with Crippen molar-refractivity contribution in [2.75, 3.05) is 7.11 Å². The maximum atomic E-state index is 13.2. The molecule has 2 aromatic carbocycles. The van der Waals surface area contributed by atoms with Gasteiger partial charge in [0.25, 0.3) is 5.56 Å². The van der Waals surface area contributed by atoms with Crippen LogP contribution in [0.15, 0.2) is 69.0 Å². The first kappa shape index (κ1) is 21.2. The second-order valence-electron chi connectivity index (χ2n) is 6.90. The molecular weight excluding hydrogens is 436 g/mol. The number of hydrogen-bond acceptors (Lipinski definition) is 6. The molecule has 0 spiro atoms. The van der Waals surface area contributed by atoms with E-state index in [2.05, 4.69) is 0 Å². The van der Waals surface area contributed by atoms with E-state index in [0.29, 0.717) is 50.5 Å². The van der Waals surface area contributed by atoms with Gasteiger partial charge in [-0.25, -0.2) is 9.78 Å². The highest BCUT2D eigenvalue weighted by atomic mass is 35.5. The number of benzene rings is 2. The van der Waals surface area contributed by atoms with E-state index in [1.807, 2.05) is 30.3 Å². The Balaban J connectivity index is 1.72. The highest BCUT2D eigenvalue weighted by Crippen LogP contribution is 2.26. The maximum Gasteiger partial charge on any atom is 0.341 e. The van der Waals surface area contributed by atoms with E-state index < -0.39 is 5.97 Å². The SMILES string of the molecule is COC(=O)c1cc(CSc2nc3cc(Cl)ccc3c(=O)n2Cc2ccccc2)oc1C. The fraction of sp³-hybridized carbons (Fsp3) is 0.174. The number of rotatable bonds is 6. The number of aryl methyl sites for hydroxylation is 1. The third kappa shape index (κ3) is 4.52. The minimum absolute atomic E-state index is 0.140. The number of hydrogen-bond donors (Lipinski definition) is 0. The van der Waals surface area contributed by atoms with Crippen LogP contribution in [0.3, 0.4) is 0 Å². The van der Waals surface area contributed by atoms with Gasteiger partial charge in [0.15, 0.2) is 5.16 Å². The summed E-state index contributed by atoms with van der Waals surface area (Å²) in [7, 11) is 1.33. The molecule has 2 heterocycles. The normalized spacial score (nSPS) is 11.1. The Bertz CT molecular complexity index is 1310. The fourth-order valence-corrected chi connectivity index (χ4v) is 4.30. The number of carbonyl (C=O) groups is 1. The standard InChI is InChI=1S/C23H19ClN2O4S/c1-14-19(22(28)29-2)11-17(30-14)13-31-23-25-20-10-16(24)8-9-18(20)21(27)26(23)12-15-6-4-3-5-7-15/h3-11H,12-13H2,1-2H3. The fourth-order valence-electron chi connectivity index (χ4n) is 3.25. The van der Waals surface area contributed by atoms with Crippen molar-refractivity contribution in [2.45, 2.75) is 24.4 Å². The van der Waals surface area contributed by atoms with Crippen molar-refractivity contribution in [3.8, 4) is 0 Å². The van der Waals surface area contributed by atoms with Crippen LogP contribution in [0.5, 0.6) is 0 Å². The second kappa shape index (κ2) is 8.99. The molecule has 4 aromatic rings. The summed E-state index contributed by atoms with van der Waals surface area (Å²) >= 11 is 7.47.